The lowest BCUT2D eigenvalue weighted by Gasteiger charge is -2.10. The maximum atomic E-state index is 13.9. The summed E-state index contributed by atoms with van der Waals surface area (Å²) in [6.45, 7) is 0. The first-order chi connectivity index (χ1) is 9.43. The van der Waals surface area contributed by atoms with Crippen LogP contribution < -0.4 is 4.74 Å². The van der Waals surface area contributed by atoms with Crippen molar-refractivity contribution < 1.29 is 17.9 Å². The lowest BCUT2D eigenvalue weighted by molar-refractivity contribution is 0.395. The van der Waals surface area contributed by atoms with Gasteiger partial charge in [-0.05, 0) is 40.2 Å². The third-order valence-electron chi connectivity index (χ3n) is 2.35. The number of rotatable bonds is 2. The van der Waals surface area contributed by atoms with E-state index in [0.717, 1.165) is 12.1 Å². The van der Waals surface area contributed by atoms with Crippen LogP contribution in [0.4, 0.5) is 13.2 Å². The second kappa shape index (κ2) is 5.85. The minimum atomic E-state index is -1.23. The van der Waals surface area contributed by atoms with E-state index in [1.807, 2.05) is 0 Å². The van der Waals surface area contributed by atoms with Crippen molar-refractivity contribution in [3.05, 3.63) is 56.2 Å². The fourth-order valence-electron chi connectivity index (χ4n) is 1.42. The van der Waals surface area contributed by atoms with Gasteiger partial charge in [0.05, 0.1) is 10.0 Å². The highest BCUT2D eigenvalue weighted by molar-refractivity contribution is 9.10. The van der Waals surface area contributed by atoms with Gasteiger partial charge >= 0.3 is 0 Å². The van der Waals surface area contributed by atoms with Crippen LogP contribution in [0.3, 0.4) is 0 Å². The van der Waals surface area contributed by atoms with Gasteiger partial charge in [0, 0.05) is 4.47 Å². The molecule has 0 bridgehead atoms. The first-order valence-corrected chi connectivity index (χ1v) is 6.73. The zero-order valence-electron chi connectivity index (χ0n) is 9.55. The Hall–Kier alpha value is -1.52. The molecule has 7 heteroatoms. The number of ether oxygens (including phenoxy) is 1. The molecule has 2 rings (SSSR count). The van der Waals surface area contributed by atoms with Crippen LogP contribution in [0.25, 0.3) is 0 Å². The normalized spacial score (nSPS) is 10.2. The molecule has 0 saturated heterocycles. The molecule has 0 heterocycles. The first-order valence-electron chi connectivity index (χ1n) is 5.14. The molecule has 0 N–H and O–H groups in total. The Morgan fingerprint density at radius 1 is 1.00 bits per heavy atom. The summed E-state index contributed by atoms with van der Waals surface area (Å²) in [6, 6.07) is 6.33. The van der Waals surface area contributed by atoms with Crippen molar-refractivity contribution in [2.24, 2.45) is 0 Å². The molecule has 0 aliphatic rings. The number of hydrogen-bond acceptors (Lipinski definition) is 2. The van der Waals surface area contributed by atoms with Crippen molar-refractivity contribution in [3.8, 4) is 17.6 Å². The van der Waals surface area contributed by atoms with Gasteiger partial charge in [0.2, 0.25) is 5.82 Å². The molecule has 2 aromatic rings. The number of nitrogens with zero attached hydrogens (tertiary/aromatic N) is 1. The zero-order valence-corrected chi connectivity index (χ0v) is 12.7. The highest BCUT2D eigenvalue weighted by atomic mass is 79.9. The SMILES string of the molecule is N#Cc1ccc(Oc2cc(Br)cc(F)c2F)c(F)c1Br. The van der Waals surface area contributed by atoms with Crippen LogP contribution in [0, 0.1) is 28.8 Å². The Balaban J connectivity index is 2.46. The fraction of sp³-hybridized carbons (Fsp3) is 0. The number of halogens is 5. The number of benzene rings is 2. The highest BCUT2D eigenvalue weighted by Crippen LogP contribution is 2.34. The van der Waals surface area contributed by atoms with Crippen LogP contribution in [0.1, 0.15) is 5.56 Å². The summed E-state index contributed by atoms with van der Waals surface area (Å²) in [5.74, 6) is -4.01. The Kier molecular flexibility index (Phi) is 4.35. The van der Waals surface area contributed by atoms with Crippen LogP contribution >= 0.6 is 31.9 Å². The highest BCUT2D eigenvalue weighted by Gasteiger charge is 2.17. The molecule has 20 heavy (non-hydrogen) atoms. The van der Waals surface area contributed by atoms with Gasteiger partial charge in [-0.3, -0.25) is 0 Å². The lowest BCUT2D eigenvalue weighted by Crippen LogP contribution is -1.96. The van der Waals surface area contributed by atoms with E-state index in [1.165, 1.54) is 12.1 Å². The second-order valence-corrected chi connectivity index (χ2v) is 5.36. The van der Waals surface area contributed by atoms with E-state index in [9.17, 15) is 13.2 Å². The smallest absolute Gasteiger partial charge is 0.201 e. The third kappa shape index (κ3) is 2.81. The van der Waals surface area contributed by atoms with Crippen molar-refractivity contribution in [1.29, 1.82) is 5.26 Å². The zero-order chi connectivity index (χ0) is 14.9. The van der Waals surface area contributed by atoms with Crippen molar-refractivity contribution >= 4 is 31.9 Å². The van der Waals surface area contributed by atoms with Crippen molar-refractivity contribution in [1.82, 2.24) is 0 Å². The summed E-state index contributed by atoms with van der Waals surface area (Å²) < 4.78 is 45.8. The second-order valence-electron chi connectivity index (χ2n) is 3.65. The van der Waals surface area contributed by atoms with Crippen LogP contribution in [-0.2, 0) is 0 Å². The average Bonchev–Trinajstić information content (AvgIpc) is 2.41. The molecule has 2 nitrogen and oxygen atoms in total. The van der Waals surface area contributed by atoms with Crippen molar-refractivity contribution in [2.75, 3.05) is 0 Å². The minimum absolute atomic E-state index is 0.0655. The predicted octanol–water partition coefficient (Wildman–Crippen LogP) is 5.29. The van der Waals surface area contributed by atoms with E-state index >= 15 is 0 Å². The van der Waals surface area contributed by atoms with Gasteiger partial charge in [0.15, 0.2) is 23.1 Å². The van der Waals surface area contributed by atoms with Crippen LogP contribution in [-0.4, -0.2) is 0 Å². The van der Waals surface area contributed by atoms with Crippen LogP contribution in [0.5, 0.6) is 11.5 Å². The molecule has 0 atom stereocenters. The van der Waals surface area contributed by atoms with Gasteiger partial charge in [-0.25, -0.2) is 8.78 Å². The maximum Gasteiger partial charge on any atom is 0.201 e. The quantitative estimate of drug-likeness (QED) is 0.634. The van der Waals surface area contributed by atoms with Crippen LogP contribution in [0.15, 0.2) is 33.2 Å². The monoisotopic (exact) mass is 405 g/mol. The van der Waals surface area contributed by atoms with Gasteiger partial charge in [-0.15, -0.1) is 0 Å². The molecule has 0 spiro atoms. The van der Waals surface area contributed by atoms with Gasteiger partial charge in [0.1, 0.15) is 6.07 Å². The summed E-state index contributed by atoms with van der Waals surface area (Å²) >= 11 is 5.88. The van der Waals surface area contributed by atoms with E-state index in [-0.39, 0.29) is 20.3 Å². The molecule has 0 fully saturated rings. The molecule has 0 aromatic heterocycles. The Morgan fingerprint density at radius 2 is 1.70 bits per heavy atom. The summed E-state index contributed by atoms with van der Waals surface area (Å²) in [7, 11) is 0. The van der Waals surface area contributed by atoms with E-state index in [2.05, 4.69) is 31.9 Å². The maximum absolute atomic E-state index is 13.9. The molecule has 0 aliphatic heterocycles. The summed E-state index contributed by atoms with van der Waals surface area (Å²) in [5.41, 5.74) is 0.0655. The van der Waals surface area contributed by atoms with Gasteiger partial charge in [-0.2, -0.15) is 9.65 Å². The lowest BCUT2D eigenvalue weighted by atomic mass is 10.2. The Bertz CT molecular complexity index is 729. The van der Waals surface area contributed by atoms with E-state index < -0.39 is 23.2 Å². The Morgan fingerprint density at radius 3 is 2.35 bits per heavy atom. The van der Waals surface area contributed by atoms with Gasteiger partial charge in [-0.1, -0.05) is 15.9 Å². The van der Waals surface area contributed by atoms with Gasteiger partial charge < -0.3 is 4.74 Å². The summed E-state index contributed by atoms with van der Waals surface area (Å²) in [6.07, 6.45) is 0. The summed E-state index contributed by atoms with van der Waals surface area (Å²) in [5, 5.41) is 8.74. The molecule has 0 radical (unpaired) electrons. The molecule has 102 valence electrons. The van der Waals surface area contributed by atoms with Crippen molar-refractivity contribution in [2.45, 2.75) is 0 Å². The van der Waals surface area contributed by atoms with Crippen molar-refractivity contribution in [3.63, 3.8) is 0 Å². The van der Waals surface area contributed by atoms with Gasteiger partial charge in [0.25, 0.3) is 0 Å². The largest absolute Gasteiger partial charge is 0.451 e. The van der Waals surface area contributed by atoms with E-state index in [4.69, 9.17) is 10.00 Å². The Labute approximate surface area is 129 Å². The molecule has 0 saturated carbocycles. The first kappa shape index (κ1) is 14.9. The predicted molar refractivity (Wildman–Crippen MR) is 72.9 cm³/mol. The third-order valence-corrected chi connectivity index (χ3v) is 3.58. The topological polar surface area (TPSA) is 33.0 Å². The van der Waals surface area contributed by atoms with E-state index in [0.29, 0.717) is 0 Å². The molecule has 0 aliphatic carbocycles. The molecular weight excluding hydrogens is 403 g/mol. The standard InChI is InChI=1S/C13H4Br2F3NO/c14-7-3-8(16)12(17)10(4-7)20-9-2-1-6(5-19)11(15)13(9)18/h1-4H. The summed E-state index contributed by atoms with van der Waals surface area (Å²) in [4.78, 5) is 0. The average molecular weight is 407 g/mol. The molecule has 2 aromatic carbocycles. The minimum Gasteiger partial charge on any atom is -0.451 e. The van der Waals surface area contributed by atoms with E-state index in [1.54, 1.807) is 6.07 Å². The van der Waals surface area contributed by atoms with Crippen LogP contribution in [0.2, 0.25) is 0 Å². The molecule has 0 amide bonds. The fourth-order valence-corrected chi connectivity index (χ4v) is 2.25. The molecule has 0 unspecified atom stereocenters. The molecular formula is C13H4Br2F3NO. The number of hydrogen-bond donors (Lipinski definition) is 0. The number of nitriles is 1.